The summed E-state index contributed by atoms with van der Waals surface area (Å²) in [7, 11) is 0. The summed E-state index contributed by atoms with van der Waals surface area (Å²) < 4.78 is 37.9. The van der Waals surface area contributed by atoms with Gasteiger partial charge in [0.25, 0.3) is 5.91 Å². The summed E-state index contributed by atoms with van der Waals surface area (Å²) >= 11 is 1.44. The van der Waals surface area contributed by atoms with Crippen LogP contribution < -0.4 is 4.90 Å². The van der Waals surface area contributed by atoms with Crippen molar-refractivity contribution in [2.24, 2.45) is 0 Å². The van der Waals surface area contributed by atoms with Gasteiger partial charge in [0, 0.05) is 38.3 Å². The lowest BCUT2D eigenvalue weighted by molar-refractivity contribution is -0.137. The van der Waals surface area contributed by atoms with Gasteiger partial charge in [-0.05, 0) is 19.1 Å². The molecule has 0 radical (unpaired) electrons. The van der Waals surface area contributed by atoms with E-state index in [1.54, 1.807) is 4.90 Å². The van der Waals surface area contributed by atoms with Gasteiger partial charge in [-0.2, -0.15) is 13.2 Å². The molecule has 1 saturated heterocycles. The van der Waals surface area contributed by atoms with E-state index in [1.807, 2.05) is 25.7 Å². The number of hydrogen-bond acceptors (Lipinski definition) is 5. The second kappa shape index (κ2) is 7.46. The van der Waals surface area contributed by atoms with Gasteiger partial charge in [0.05, 0.1) is 16.3 Å². The number of carbonyl (C=O) groups excluding carboxylic acids is 1. The average molecular weight is 398 g/mol. The third-order valence-corrected chi connectivity index (χ3v) is 5.91. The van der Waals surface area contributed by atoms with Crippen LogP contribution in [0, 0.1) is 6.92 Å². The number of aryl methyl sites for hydroxylation is 1. The highest BCUT2D eigenvalue weighted by Crippen LogP contribution is 2.30. The standard InChI is InChI=1S/C18H21F3N4OS/c1-11(2)16-23-12(3)15(27-16)17(26)25-8-6-24(7-9-25)14-5-4-13(10-22-14)18(19,20)21/h4-5,10-11H,6-9H2,1-3H3. The smallest absolute Gasteiger partial charge is 0.353 e. The van der Waals surface area contributed by atoms with Gasteiger partial charge in [0.15, 0.2) is 0 Å². The molecule has 0 aliphatic carbocycles. The number of thiazole rings is 1. The first-order valence-electron chi connectivity index (χ1n) is 8.71. The van der Waals surface area contributed by atoms with E-state index in [-0.39, 0.29) is 11.8 Å². The molecule has 2 aromatic rings. The lowest BCUT2D eigenvalue weighted by Crippen LogP contribution is -2.49. The number of pyridine rings is 1. The zero-order valence-corrected chi connectivity index (χ0v) is 16.2. The summed E-state index contributed by atoms with van der Waals surface area (Å²) in [5.74, 6) is 0.737. The SMILES string of the molecule is Cc1nc(C(C)C)sc1C(=O)N1CCN(c2ccc(C(F)(F)F)cn2)CC1. The predicted molar refractivity (Wildman–Crippen MR) is 98.3 cm³/mol. The molecule has 0 N–H and O–H groups in total. The highest BCUT2D eigenvalue weighted by atomic mass is 32.1. The van der Waals surface area contributed by atoms with E-state index in [0.29, 0.717) is 36.9 Å². The number of nitrogens with zero attached hydrogens (tertiary/aromatic N) is 4. The molecule has 0 atom stereocenters. The molecule has 5 nitrogen and oxygen atoms in total. The van der Waals surface area contributed by atoms with E-state index in [9.17, 15) is 18.0 Å². The Morgan fingerprint density at radius 1 is 1.19 bits per heavy atom. The molecule has 9 heteroatoms. The number of alkyl halides is 3. The van der Waals surface area contributed by atoms with Gasteiger partial charge in [-0.15, -0.1) is 11.3 Å². The first kappa shape index (κ1) is 19.6. The molecule has 1 fully saturated rings. The van der Waals surface area contributed by atoms with Gasteiger partial charge < -0.3 is 9.80 Å². The minimum Gasteiger partial charge on any atom is -0.353 e. The minimum absolute atomic E-state index is 0.0306. The van der Waals surface area contributed by atoms with Crippen LogP contribution >= 0.6 is 11.3 Å². The van der Waals surface area contributed by atoms with Gasteiger partial charge in [-0.3, -0.25) is 4.79 Å². The fourth-order valence-electron chi connectivity index (χ4n) is 2.89. The molecular weight excluding hydrogens is 377 g/mol. The van der Waals surface area contributed by atoms with Crippen LogP contribution in [0.25, 0.3) is 0 Å². The lowest BCUT2D eigenvalue weighted by Gasteiger charge is -2.35. The topological polar surface area (TPSA) is 49.3 Å². The van der Waals surface area contributed by atoms with E-state index < -0.39 is 11.7 Å². The van der Waals surface area contributed by atoms with Crippen LogP contribution in [-0.4, -0.2) is 47.0 Å². The average Bonchev–Trinajstić information content (AvgIpc) is 3.03. The first-order chi connectivity index (χ1) is 12.7. The molecule has 3 heterocycles. The molecule has 27 heavy (non-hydrogen) atoms. The van der Waals surface area contributed by atoms with Crippen molar-refractivity contribution >= 4 is 23.1 Å². The maximum absolute atomic E-state index is 12.8. The maximum atomic E-state index is 12.8. The molecule has 1 aliphatic rings. The second-order valence-electron chi connectivity index (χ2n) is 6.80. The van der Waals surface area contributed by atoms with Crippen molar-refractivity contribution in [3.63, 3.8) is 0 Å². The fourth-order valence-corrected chi connectivity index (χ4v) is 3.92. The number of hydrogen-bond donors (Lipinski definition) is 0. The number of rotatable bonds is 3. The zero-order chi connectivity index (χ0) is 19.8. The van der Waals surface area contributed by atoms with Crippen molar-refractivity contribution < 1.29 is 18.0 Å². The highest BCUT2D eigenvalue weighted by Gasteiger charge is 2.31. The number of amides is 1. The van der Waals surface area contributed by atoms with E-state index in [0.717, 1.165) is 23.0 Å². The van der Waals surface area contributed by atoms with Gasteiger partial charge in [0.2, 0.25) is 0 Å². The molecule has 0 aromatic carbocycles. The predicted octanol–water partition coefficient (Wildman–Crippen LogP) is 3.95. The molecule has 0 spiro atoms. The number of halogens is 3. The van der Waals surface area contributed by atoms with E-state index in [4.69, 9.17) is 0 Å². The maximum Gasteiger partial charge on any atom is 0.417 e. The summed E-state index contributed by atoms with van der Waals surface area (Å²) in [6, 6.07) is 2.41. The van der Waals surface area contributed by atoms with Gasteiger partial charge in [-0.25, -0.2) is 9.97 Å². The third-order valence-electron chi connectivity index (χ3n) is 4.47. The van der Waals surface area contributed by atoms with Gasteiger partial charge in [0.1, 0.15) is 10.7 Å². The van der Waals surface area contributed by atoms with Crippen molar-refractivity contribution in [1.82, 2.24) is 14.9 Å². The molecule has 1 amide bonds. The van der Waals surface area contributed by atoms with Gasteiger partial charge >= 0.3 is 6.18 Å². The van der Waals surface area contributed by atoms with Crippen molar-refractivity contribution in [2.45, 2.75) is 32.9 Å². The van der Waals surface area contributed by atoms with E-state index in [1.165, 1.54) is 17.4 Å². The number of anilines is 1. The van der Waals surface area contributed by atoms with E-state index >= 15 is 0 Å². The molecule has 0 unspecified atom stereocenters. The lowest BCUT2D eigenvalue weighted by atomic mass is 10.2. The van der Waals surface area contributed by atoms with Crippen molar-refractivity contribution in [3.8, 4) is 0 Å². The Balaban J connectivity index is 1.64. The Morgan fingerprint density at radius 2 is 1.85 bits per heavy atom. The quantitative estimate of drug-likeness (QED) is 0.786. The third kappa shape index (κ3) is 4.23. The van der Waals surface area contributed by atoms with Crippen molar-refractivity contribution in [2.75, 3.05) is 31.1 Å². The van der Waals surface area contributed by atoms with Crippen LogP contribution in [0.5, 0.6) is 0 Å². The molecule has 0 bridgehead atoms. The van der Waals surface area contributed by atoms with Crippen LogP contribution in [0.15, 0.2) is 18.3 Å². The number of piperazine rings is 1. The van der Waals surface area contributed by atoms with Crippen LogP contribution in [0.4, 0.5) is 19.0 Å². The van der Waals surface area contributed by atoms with Crippen molar-refractivity contribution in [1.29, 1.82) is 0 Å². The number of carbonyl (C=O) groups is 1. The monoisotopic (exact) mass is 398 g/mol. The normalized spacial score (nSPS) is 15.5. The molecule has 2 aromatic heterocycles. The summed E-state index contributed by atoms with van der Waals surface area (Å²) in [5.41, 5.74) is -0.0118. The van der Waals surface area contributed by atoms with Crippen molar-refractivity contribution in [3.05, 3.63) is 39.5 Å². The molecular formula is C18H21F3N4OS. The summed E-state index contributed by atoms with van der Waals surface area (Å²) in [6.07, 6.45) is -3.54. The van der Waals surface area contributed by atoms with Crippen LogP contribution in [0.2, 0.25) is 0 Å². The fraction of sp³-hybridized carbons (Fsp3) is 0.500. The summed E-state index contributed by atoms with van der Waals surface area (Å²) in [5, 5.41) is 0.948. The van der Waals surface area contributed by atoms with Crippen LogP contribution in [0.1, 0.15) is 45.7 Å². The molecule has 0 saturated carbocycles. The largest absolute Gasteiger partial charge is 0.417 e. The Bertz CT molecular complexity index is 809. The second-order valence-corrected chi connectivity index (χ2v) is 7.83. The highest BCUT2D eigenvalue weighted by molar-refractivity contribution is 7.13. The minimum atomic E-state index is -4.39. The summed E-state index contributed by atoms with van der Waals surface area (Å²) in [6.45, 7) is 7.98. The Labute approximate surface area is 159 Å². The zero-order valence-electron chi connectivity index (χ0n) is 15.4. The van der Waals surface area contributed by atoms with Crippen LogP contribution in [-0.2, 0) is 6.18 Å². The molecule has 1 aliphatic heterocycles. The van der Waals surface area contributed by atoms with Gasteiger partial charge in [-0.1, -0.05) is 13.8 Å². The Hall–Kier alpha value is -2.16. The number of aromatic nitrogens is 2. The Kier molecular flexibility index (Phi) is 5.41. The molecule has 146 valence electrons. The molecule has 3 rings (SSSR count). The first-order valence-corrected chi connectivity index (χ1v) is 9.53. The van der Waals surface area contributed by atoms with E-state index in [2.05, 4.69) is 9.97 Å². The Morgan fingerprint density at radius 3 is 2.33 bits per heavy atom. The van der Waals surface area contributed by atoms with Crippen LogP contribution in [0.3, 0.4) is 0 Å². The summed E-state index contributed by atoms with van der Waals surface area (Å²) in [4.78, 5) is 25.5.